The van der Waals surface area contributed by atoms with E-state index in [-0.39, 0.29) is 15.6 Å². The number of rotatable bonds is 3. The Bertz CT molecular complexity index is 699. The summed E-state index contributed by atoms with van der Waals surface area (Å²) in [5, 5.41) is 0.102. The van der Waals surface area contributed by atoms with Crippen LogP contribution >= 0.6 is 11.6 Å². The minimum atomic E-state index is -3.82. The molecule has 0 aromatic heterocycles. The lowest BCUT2D eigenvalue weighted by molar-refractivity contribution is 0.601. The smallest absolute Gasteiger partial charge is 0.261 e. The van der Waals surface area contributed by atoms with E-state index in [1.54, 1.807) is 6.07 Å². The third kappa shape index (κ3) is 3.36. The van der Waals surface area contributed by atoms with Gasteiger partial charge in [0.1, 0.15) is 5.82 Å². The Morgan fingerprint density at radius 3 is 2.53 bits per heavy atom. The first-order valence-electron chi connectivity index (χ1n) is 5.21. The van der Waals surface area contributed by atoms with Gasteiger partial charge in [0.05, 0.1) is 10.6 Å². The zero-order valence-corrected chi connectivity index (χ0v) is 11.2. The molecule has 0 saturated heterocycles. The molecule has 0 fully saturated rings. The lowest BCUT2D eigenvalue weighted by Gasteiger charge is -2.09. The van der Waals surface area contributed by atoms with E-state index in [4.69, 9.17) is 17.3 Å². The average Bonchev–Trinajstić information content (AvgIpc) is 2.26. The first-order chi connectivity index (χ1) is 8.87. The monoisotopic (exact) mass is 300 g/mol. The molecule has 19 heavy (non-hydrogen) atoms. The van der Waals surface area contributed by atoms with Crippen LogP contribution in [0.3, 0.4) is 0 Å². The van der Waals surface area contributed by atoms with Gasteiger partial charge in [-0.2, -0.15) is 0 Å². The van der Waals surface area contributed by atoms with E-state index in [9.17, 15) is 12.8 Å². The maximum atomic E-state index is 13.1. The summed E-state index contributed by atoms with van der Waals surface area (Å²) in [4.78, 5) is -0.00659. The van der Waals surface area contributed by atoms with Gasteiger partial charge in [-0.15, -0.1) is 0 Å². The third-order valence-electron chi connectivity index (χ3n) is 2.28. The minimum Gasteiger partial charge on any atom is -0.399 e. The van der Waals surface area contributed by atoms with Crippen LogP contribution in [0.1, 0.15) is 0 Å². The number of anilines is 2. The Morgan fingerprint density at radius 2 is 1.89 bits per heavy atom. The van der Waals surface area contributed by atoms with Crippen LogP contribution in [0.15, 0.2) is 47.4 Å². The lowest BCUT2D eigenvalue weighted by Crippen LogP contribution is -2.13. The summed E-state index contributed by atoms with van der Waals surface area (Å²) in [6.07, 6.45) is 0. The predicted octanol–water partition coefficient (Wildman–Crippen LogP) is 2.86. The van der Waals surface area contributed by atoms with Gasteiger partial charge >= 0.3 is 0 Å². The molecule has 2 rings (SSSR count). The number of hydrogen-bond donors (Lipinski definition) is 2. The maximum absolute atomic E-state index is 13.1. The predicted molar refractivity (Wildman–Crippen MR) is 73.1 cm³/mol. The summed E-state index contributed by atoms with van der Waals surface area (Å²) in [5.74, 6) is -0.627. The second-order valence-electron chi connectivity index (χ2n) is 3.84. The number of halogens is 2. The Morgan fingerprint density at radius 1 is 1.16 bits per heavy atom. The van der Waals surface area contributed by atoms with Gasteiger partial charge in [0.2, 0.25) is 0 Å². The van der Waals surface area contributed by atoms with E-state index in [2.05, 4.69) is 4.72 Å². The molecular formula is C12H10ClFN2O2S. The largest absolute Gasteiger partial charge is 0.399 e. The fraction of sp³-hybridized carbons (Fsp3) is 0. The van der Waals surface area contributed by atoms with E-state index in [1.165, 1.54) is 24.3 Å². The van der Waals surface area contributed by atoms with E-state index in [1.807, 2.05) is 0 Å². The highest BCUT2D eigenvalue weighted by molar-refractivity contribution is 7.92. The maximum Gasteiger partial charge on any atom is 0.261 e. The second kappa shape index (κ2) is 5.07. The van der Waals surface area contributed by atoms with Crippen LogP contribution in [0, 0.1) is 5.82 Å². The van der Waals surface area contributed by atoms with Gasteiger partial charge in [-0.1, -0.05) is 17.7 Å². The molecule has 0 unspecified atom stereocenters. The van der Waals surface area contributed by atoms with Crippen LogP contribution in [-0.4, -0.2) is 8.42 Å². The van der Waals surface area contributed by atoms with E-state index in [0.717, 1.165) is 12.1 Å². The second-order valence-corrected chi connectivity index (χ2v) is 5.95. The summed E-state index contributed by atoms with van der Waals surface area (Å²) in [6, 6.07) is 9.22. The van der Waals surface area contributed by atoms with Crippen molar-refractivity contribution in [2.75, 3.05) is 10.5 Å². The van der Waals surface area contributed by atoms with Gasteiger partial charge in [-0.25, -0.2) is 12.8 Å². The quantitative estimate of drug-likeness (QED) is 0.856. The molecule has 0 aliphatic rings. The molecule has 7 heteroatoms. The molecule has 0 saturated carbocycles. The molecule has 0 heterocycles. The van der Waals surface area contributed by atoms with Crippen molar-refractivity contribution in [3.63, 3.8) is 0 Å². The molecule has 100 valence electrons. The molecule has 2 aromatic rings. The van der Waals surface area contributed by atoms with Crippen LogP contribution in [-0.2, 0) is 10.0 Å². The van der Waals surface area contributed by atoms with Crippen LogP contribution in [0.25, 0.3) is 0 Å². The summed E-state index contributed by atoms with van der Waals surface area (Å²) in [5.41, 5.74) is 5.89. The number of benzene rings is 2. The third-order valence-corrected chi connectivity index (χ3v) is 3.88. The Kier molecular flexibility index (Phi) is 3.64. The molecule has 0 bridgehead atoms. The van der Waals surface area contributed by atoms with Crippen molar-refractivity contribution in [3.8, 4) is 0 Å². The molecular weight excluding hydrogens is 291 g/mol. The van der Waals surface area contributed by atoms with Gasteiger partial charge in [0, 0.05) is 10.7 Å². The summed E-state index contributed by atoms with van der Waals surface area (Å²) >= 11 is 5.66. The topological polar surface area (TPSA) is 72.2 Å². The van der Waals surface area contributed by atoms with Gasteiger partial charge < -0.3 is 5.73 Å². The molecule has 0 spiro atoms. The molecule has 3 N–H and O–H groups in total. The number of nitrogens with two attached hydrogens (primary N) is 1. The average molecular weight is 301 g/mol. The van der Waals surface area contributed by atoms with Gasteiger partial charge in [-0.3, -0.25) is 4.72 Å². The molecule has 0 radical (unpaired) electrons. The number of nitrogens with one attached hydrogen (secondary N) is 1. The fourth-order valence-electron chi connectivity index (χ4n) is 1.51. The van der Waals surface area contributed by atoms with Crippen LogP contribution < -0.4 is 10.5 Å². The number of nitrogen functional groups attached to an aromatic ring is 1. The highest BCUT2D eigenvalue weighted by Crippen LogP contribution is 2.22. The van der Waals surface area contributed by atoms with E-state index < -0.39 is 15.8 Å². The van der Waals surface area contributed by atoms with Gasteiger partial charge in [-0.05, 0) is 36.4 Å². The minimum absolute atomic E-state index is 0.00659. The Hall–Kier alpha value is -1.79. The first-order valence-corrected chi connectivity index (χ1v) is 7.07. The molecule has 0 amide bonds. The van der Waals surface area contributed by atoms with Crippen molar-refractivity contribution in [2.24, 2.45) is 0 Å². The molecule has 2 aromatic carbocycles. The van der Waals surface area contributed by atoms with Crippen molar-refractivity contribution in [2.45, 2.75) is 4.90 Å². The molecule has 0 aliphatic heterocycles. The normalized spacial score (nSPS) is 11.3. The molecule has 4 nitrogen and oxygen atoms in total. The van der Waals surface area contributed by atoms with Crippen LogP contribution in [0.4, 0.5) is 15.8 Å². The van der Waals surface area contributed by atoms with E-state index in [0.29, 0.717) is 5.69 Å². The number of hydrogen-bond acceptors (Lipinski definition) is 3. The zero-order valence-electron chi connectivity index (χ0n) is 9.60. The van der Waals surface area contributed by atoms with E-state index >= 15 is 0 Å². The molecule has 0 atom stereocenters. The highest BCUT2D eigenvalue weighted by atomic mass is 35.5. The van der Waals surface area contributed by atoms with Gasteiger partial charge in [0.25, 0.3) is 10.0 Å². The van der Waals surface area contributed by atoms with Crippen molar-refractivity contribution < 1.29 is 12.8 Å². The van der Waals surface area contributed by atoms with Crippen LogP contribution in [0.5, 0.6) is 0 Å². The van der Waals surface area contributed by atoms with Crippen LogP contribution in [0.2, 0.25) is 5.02 Å². The van der Waals surface area contributed by atoms with Crippen molar-refractivity contribution >= 4 is 33.0 Å². The zero-order chi connectivity index (χ0) is 14.0. The van der Waals surface area contributed by atoms with Gasteiger partial charge in [0.15, 0.2) is 0 Å². The lowest BCUT2D eigenvalue weighted by atomic mass is 10.3. The van der Waals surface area contributed by atoms with Crippen molar-refractivity contribution in [3.05, 3.63) is 53.3 Å². The summed E-state index contributed by atoms with van der Waals surface area (Å²) < 4.78 is 39.5. The fourth-order valence-corrected chi connectivity index (χ4v) is 2.83. The molecule has 0 aliphatic carbocycles. The Balaban J connectivity index is 2.36. The van der Waals surface area contributed by atoms with Crippen molar-refractivity contribution in [1.82, 2.24) is 0 Å². The Labute approximate surface area is 115 Å². The van der Waals surface area contributed by atoms with Crippen molar-refractivity contribution in [1.29, 1.82) is 0 Å². The highest BCUT2D eigenvalue weighted by Gasteiger charge is 2.15. The standard InChI is InChI=1S/C12H10ClFN2O2S/c13-8-4-9(14)6-11(5-8)16-19(17,18)12-3-1-2-10(15)7-12/h1-7,16H,15H2. The summed E-state index contributed by atoms with van der Waals surface area (Å²) in [6.45, 7) is 0. The first kappa shape index (κ1) is 13.6. The summed E-state index contributed by atoms with van der Waals surface area (Å²) in [7, 11) is -3.82. The number of sulfonamides is 1. The SMILES string of the molecule is Nc1cccc(S(=O)(=O)Nc2cc(F)cc(Cl)c2)c1.